The monoisotopic (exact) mass is 2660 g/mol. The van der Waals surface area contributed by atoms with Crippen molar-refractivity contribution in [1.29, 1.82) is 0 Å². The van der Waals surface area contributed by atoms with E-state index in [4.69, 9.17) is 13.3 Å². The molecule has 21 aromatic rings. The Bertz CT molecular complexity index is 7770. The number of benzene rings is 12. The largest absolute Gasteiger partial charge is 0 e. The van der Waals surface area contributed by atoms with Crippen molar-refractivity contribution >= 4 is 119 Å². The zero-order chi connectivity index (χ0) is 103. The fourth-order valence-electron chi connectivity index (χ4n) is 18.8. The van der Waals surface area contributed by atoms with Gasteiger partial charge in [-0.15, -0.1) is 54.6 Å². The molecule has 0 fully saturated rings. The number of aromatic nitrogens is 6. The molecule has 0 saturated heterocycles. The normalized spacial score (nSPS) is 11.6. The predicted molar refractivity (Wildman–Crippen MR) is 621 cm³/mol. The molecule has 0 amide bonds. The summed E-state index contributed by atoms with van der Waals surface area (Å²) in [5.74, 6) is 24.1. The molecule has 12 aromatic carbocycles. The molecular formula is C133H134Ge3Ir3N6O3-6. The van der Waals surface area contributed by atoms with Crippen LogP contribution < -0.4 is 13.2 Å². The number of hydrogen-bond donors (Lipinski definition) is 0. The van der Waals surface area contributed by atoms with E-state index < -0.39 is 39.8 Å². The molecule has 148 heavy (non-hydrogen) atoms. The Morgan fingerprint density at radius 2 is 0.649 bits per heavy atom. The number of furan rings is 3. The molecular weight excluding hydrogens is 2520 g/mol. The van der Waals surface area contributed by atoms with E-state index in [-0.39, 0.29) is 71.1 Å². The molecule has 0 aliphatic carbocycles. The molecule has 0 aliphatic rings. The van der Waals surface area contributed by atoms with E-state index in [1.54, 1.807) is 0 Å². The van der Waals surface area contributed by atoms with Crippen LogP contribution >= 0.6 is 0 Å². The standard InChI is InChI=1S/C28H24NO.2C27H22NO.3C17H22GeN.3Ir/c1-28(2,3)18-19-15-16-29-24(17-19)22-12-7-13-23-26-21(20-9-5-4-6-10-20)11-8-14-25(26)30-27(22)23;1-27(2,3)19-15-16-28-23(17-19)21-12-7-13-22-25-20(18-9-5-4-6-10-18)11-8-14-24(25)29-26(21)22;1-18(2)15-19-13-14-28-25(16-19)23-10-6-9-22-24-17-21(20-7-4-3-5-8-20)11-12-26(24)29-27(22)23;3*1-13(2)15-11-17(14-9-7-6-8-10-14)19-12-16(15)18(3,4)5;;;/h4-11,13-17H,18H2,1-3H3;4-11,13-17H,1-3H3;3-9,11-14,16-18H,15H2,1-2H3;3*6-9,11-13H,1-5H3;;;/q6*-1;;;. The van der Waals surface area contributed by atoms with E-state index in [9.17, 15) is 0 Å². The Hall–Kier alpha value is -11.5. The summed E-state index contributed by atoms with van der Waals surface area (Å²) in [6.07, 6.45) is 14.0. The number of fused-ring (bicyclic) bond motifs is 9. The fraction of sp³-hybridized carbons (Fsp3) is 0.233. The third kappa shape index (κ3) is 27.8. The van der Waals surface area contributed by atoms with Crippen LogP contribution in [0.25, 0.3) is 167 Å². The van der Waals surface area contributed by atoms with Gasteiger partial charge in [-0.25, -0.2) is 0 Å². The molecule has 0 N–H and O–H groups in total. The summed E-state index contributed by atoms with van der Waals surface area (Å²) < 4.78 is 23.6. The zero-order valence-electron chi connectivity index (χ0n) is 89.5. The maximum absolute atomic E-state index is 6.37. The minimum Gasteiger partial charge on any atom is 0 e. The molecule has 0 unspecified atom stereocenters. The first kappa shape index (κ1) is 114. The van der Waals surface area contributed by atoms with Gasteiger partial charge in [-0.3, -0.25) is 0 Å². The molecule has 9 aromatic heterocycles. The summed E-state index contributed by atoms with van der Waals surface area (Å²) in [7, 11) is 0. The van der Waals surface area contributed by atoms with Crippen LogP contribution in [0.3, 0.4) is 0 Å². The van der Waals surface area contributed by atoms with Crippen LogP contribution in [0, 0.1) is 47.7 Å². The summed E-state index contributed by atoms with van der Waals surface area (Å²) in [6, 6.07) is 126. The Morgan fingerprint density at radius 3 is 1.02 bits per heavy atom. The van der Waals surface area contributed by atoms with Gasteiger partial charge in [0.2, 0.25) is 0 Å². The third-order valence-corrected chi connectivity index (χ3v) is 38.9. The van der Waals surface area contributed by atoms with Gasteiger partial charge in [-0.2, -0.15) is 0 Å². The smallest absolute Gasteiger partial charge is 0 e. The number of nitrogens with zero attached hydrogens (tertiary/aromatic N) is 6. The van der Waals surface area contributed by atoms with E-state index >= 15 is 0 Å². The second kappa shape index (κ2) is 50.0. The Kier molecular flexibility index (Phi) is 38.4. The first-order chi connectivity index (χ1) is 69.4. The third-order valence-electron chi connectivity index (χ3n) is 26.1. The first-order valence-electron chi connectivity index (χ1n) is 50.9. The van der Waals surface area contributed by atoms with Crippen molar-refractivity contribution in [3.8, 4) is 101 Å². The van der Waals surface area contributed by atoms with Gasteiger partial charge in [0, 0.05) is 95.1 Å². The topological polar surface area (TPSA) is 117 Å². The maximum atomic E-state index is 6.37. The van der Waals surface area contributed by atoms with Crippen LogP contribution in [0.5, 0.6) is 0 Å². The summed E-state index contributed by atoms with van der Waals surface area (Å²) in [6.45, 7) is 31.5. The van der Waals surface area contributed by atoms with E-state index in [1.165, 1.54) is 79.9 Å². The zero-order valence-corrected chi connectivity index (χ0v) is 103. The van der Waals surface area contributed by atoms with Gasteiger partial charge in [-0.05, 0) is 128 Å². The Labute approximate surface area is 926 Å². The van der Waals surface area contributed by atoms with Crippen molar-refractivity contribution in [1.82, 2.24) is 29.9 Å². The van der Waals surface area contributed by atoms with Gasteiger partial charge >= 0.3 is 357 Å². The van der Waals surface area contributed by atoms with Crippen molar-refractivity contribution < 1.29 is 73.6 Å². The van der Waals surface area contributed by atoms with Gasteiger partial charge in [0.15, 0.2) is 0 Å². The van der Waals surface area contributed by atoms with E-state index in [0.717, 1.165) is 146 Å². The Balaban J connectivity index is 0.000000149. The summed E-state index contributed by atoms with van der Waals surface area (Å²) in [5, 5.41) is 6.69. The molecule has 759 valence electrons. The number of hydrogen-bond acceptors (Lipinski definition) is 9. The van der Waals surface area contributed by atoms with E-state index in [2.05, 4.69) is 440 Å². The minimum absolute atomic E-state index is 0. The Morgan fingerprint density at radius 1 is 0.291 bits per heavy atom. The van der Waals surface area contributed by atoms with Crippen LogP contribution in [-0.4, -0.2) is 69.7 Å². The molecule has 0 aliphatic heterocycles. The molecule has 3 radical (unpaired) electrons. The van der Waals surface area contributed by atoms with Gasteiger partial charge in [0.1, 0.15) is 16.7 Å². The van der Waals surface area contributed by atoms with Crippen molar-refractivity contribution in [3.05, 3.63) is 416 Å². The van der Waals surface area contributed by atoms with Crippen LogP contribution in [0.2, 0.25) is 51.8 Å². The number of rotatable bonds is 18. The average Bonchev–Trinajstić information content (AvgIpc) is 1.60. The summed E-state index contributed by atoms with van der Waals surface area (Å²) in [5.41, 5.74) is 32.6. The predicted octanol–water partition coefficient (Wildman–Crippen LogP) is 35.1. The van der Waals surface area contributed by atoms with Gasteiger partial charge < -0.3 is 28.2 Å². The average molecular weight is 2660 g/mol. The molecule has 0 saturated carbocycles. The first-order valence-corrected chi connectivity index (χ1v) is 73.0. The van der Waals surface area contributed by atoms with Crippen LogP contribution in [-0.2, 0) is 78.6 Å². The molecule has 21 rings (SSSR count). The second-order valence-electron chi connectivity index (χ2n) is 44.4. The molecule has 9 nitrogen and oxygen atoms in total. The van der Waals surface area contributed by atoms with Gasteiger partial charge in [0.25, 0.3) is 0 Å². The van der Waals surface area contributed by atoms with E-state index in [0.29, 0.717) is 23.7 Å². The van der Waals surface area contributed by atoms with Crippen molar-refractivity contribution in [2.75, 3.05) is 0 Å². The fourth-order valence-corrected chi connectivity index (χ4v) is 29.4. The quantitative estimate of drug-likeness (QED) is 0.0611. The summed E-state index contributed by atoms with van der Waals surface area (Å²) in [4.78, 5) is 27.9. The summed E-state index contributed by atoms with van der Waals surface area (Å²) >= 11 is -5.55. The van der Waals surface area contributed by atoms with Crippen LogP contribution in [0.1, 0.15) is 148 Å². The second-order valence-corrected chi connectivity index (χ2v) is 76.1. The van der Waals surface area contributed by atoms with Crippen molar-refractivity contribution in [2.24, 2.45) is 11.3 Å². The molecule has 0 atom stereocenters. The van der Waals surface area contributed by atoms with Crippen molar-refractivity contribution in [3.63, 3.8) is 0 Å². The van der Waals surface area contributed by atoms with Crippen LogP contribution in [0.15, 0.2) is 360 Å². The van der Waals surface area contributed by atoms with Gasteiger partial charge in [-0.1, -0.05) is 239 Å². The maximum Gasteiger partial charge on any atom is 0 e. The van der Waals surface area contributed by atoms with Crippen molar-refractivity contribution in [2.45, 2.75) is 185 Å². The number of pyridine rings is 6. The minimum atomic E-state index is -1.85. The molecule has 15 heteroatoms. The van der Waals surface area contributed by atoms with E-state index in [1.807, 2.05) is 122 Å². The molecule has 9 heterocycles. The molecule has 0 bridgehead atoms. The SMILES string of the molecule is CC(C)(C)Cc1ccnc(-c2[c-]ccc3c2oc2cccc(-c4ccccc4)c23)c1.CC(C)(C)c1ccnc(-c2[c-]ccc3c2oc2cccc(-c4ccccc4)c23)c1.CC(C)Cc1ccnc(-c2[c-]ccc3c2oc2ccc(-c4ccccc4)cc23)c1.CC(C)c1cc(-c2[c-]cccc2)nc[c]1[Ge]([CH3])([CH3])[CH3].CC(C)c1cc(-c2[c-]cccc2)nc[c]1[Ge]([CH3])([CH3])[CH3].CC(C)c1cc(-c2[c-]cccc2)nc[c]1[Ge]([CH3])([CH3])[CH3].[Ir].[Ir].[Ir]. The van der Waals surface area contributed by atoms with Crippen LogP contribution in [0.4, 0.5) is 0 Å². The van der Waals surface area contributed by atoms with Gasteiger partial charge in [0.05, 0.1) is 16.7 Å². The molecule has 0 spiro atoms.